The van der Waals surface area contributed by atoms with Crippen molar-refractivity contribution < 1.29 is 13.2 Å². The van der Waals surface area contributed by atoms with Crippen molar-refractivity contribution in [1.82, 2.24) is 25.5 Å². The molecule has 0 fully saturated rings. The van der Waals surface area contributed by atoms with Gasteiger partial charge in [0, 0.05) is 6.04 Å². The van der Waals surface area contributed by atoms with Gasteiger partial charge in [-0.2, -0.15) is 13.2 Å². The van der Waals surface area contributed by atoms with Crippen molar-refractivity contribution >= 4 is 0 Å². The molecular formula is C14H18F3N5. The van der Waals surface area contributed by atoms with Crippen molar-refractivity contribution in [3.05, 3.63) is 41.2 Å². The lowest BCUT2D eigenvalue weighted by atomic mass is 10.0. The van der Waals surface area contributed by atoms with E-state index in [9.17, 15) is 13.2 Å². The number of hydrogen-bond donors (Lipinski definition) is 1. The van der Waals surface area contributed by atoms with Gasteiger partial charge in [0.2, 0.25) is 0 Å². The van der Waals surface area contributed by atoms with Crippen LogP contribution in [0.15, 0.2) is 24.3 Å². The number of halogens is 3. The summed E-state index contributed by atoms with van der Waals surface area (Å²) >= 11 is 0. The normalized spacial score (nSPS) is 13.6. The molecular weight excluding hydrogens is 295 g/mol. The van der Waals surface area contributed by atoms with Crippen LogP contribution in [0, 0.1) is 0 Å². The van der Waals surface area contributed by atoms with Crippen molar-refractivity contribution in [3.8, 4) is 0 Å². The number of nitrogens with zero attached hydrogens (tertiary/aromatic N) is 4. The lowest BCUT2D eigenvalue weighted by Gasteiger charge is -2.19. The molecule has 0 saturated carbocycles. The molecule has 1 aromatic carbocycles. The minimum atomic E-state index is -4.37. The number of aromatic nitrogens is 4. The first kappa shape index (κ1) is 16.4. The molecule has 1 aromatic heterocycles. The number of alkyl halides is 3. The first-order valence-electron chi connectivity index (χ1n) is 6.97. The van der Waals surface area contributed by atoms with E-state index in [1.807, 2.05) is 13.8 Å². The number of nitrogens with one attached hydrogen (secondary N) is 1. The maximum Gasteiger partial charge on any atom is 0.416 e. The van der Waals surface area contributed by atoms with Crippen LogP contribution in [0.1, 0.15) is 49.8 Å². The Kier molecular flexibility index (Phi) is 4.80. The second kappa shape index (κ2) is 6.43. The molecule has 1 atom stereocenters. The van der Waals surface area contributed by atoms with E-state index >= 15 is 0 Å². The molecule has 0 spiro atoms. The minimum absolute atomic E-state index is 0.0876. The van der Waals surface area contributed by atoms with Gasteiger partial charge in [-0.3, -0.25) is 0 Å². The zero-order valence-electron chi connectivity index (χ0n) is 12.6. The molecule has 1 N–H and O–H groups in total. The van der Waals surface area contributed by atoms with Gasteiger partial charge in [-0.15, -0.1) is 5.10 Å². The Hall–Kier alpha value is -1.96. The summed E-state index contributed by atoms with van der Waals surface area (Å²) in [6.07, 6.45) is -4.37. The van der Waals surface area contributed by atoms with Gasteiger partial charge in [0.05, 0.1) is 18.2 Å². The maximum absolute atomic E-state index is 13.0. The summed E-state index contributed by atoms with van der Waals surface area (Å²) < 4.78 is 40.7. The highest BCUT2D eigenvalue weighted by molar-refractivity contribution is 5.32. The Balaban J connectivity index is 2.13. The zero-order valence-corrected chi connectivity index (χ0v) is 12.6. The Morgan fingerprint density at radius 3 is 2.50 bits per heavy atom. The van der Waals surface area contributed by atoms with Crippen LogP contribution in [0.2, 0.25) is 0 Å². The van der Waals surface area contributed by atoms with Crippen LogP contribution in [0.25, 0.3) is 0 Å². The summed E-state index contributed by atoms with van der Waals surface area (Å²) in [6.45, 7) is 5.84. The van der Waals surface area contributed by atoms with E-state index in [1.165, 1.54) is 12.1 Å². The molecule has 0 aliphatic heterocycles. The van der Waals surface area contributed by atoms with Gasteiger partial charge in [0.15, 0.2) is 5.82 Å². The fourth-order valence-electron chi connectivity index (χ4n) is 2.22. The quantitative estimate of drug-likeness (QED) is 0.921. The Labute approximate surface area is 126 Å². The predicted octanol–water partition coefficient (Wildman–Crippen LogP) is 3.12. The van der Waals surface area contributed by atoms with E-state index in [4.69, 9.17) is 0 Å². The molecule has 0 radical (unpaired) electrons. The van der Waals surface area contributed by atoms with Gasteiger partial charge >= 0.3 is 6.18 Å². The third-order valence-corrected chi connectivity index (χ3v) is 3.35. The molecule has 8 heteroatoms. The van der Waals surface area contributed by atoms with Crippen molar-refractivity contribution in [2.75, 3.05) is 0 Å². The lowest BCUT2D eigenvalue weighted by molar-refractivity contribution is -0.138. The van der Waals surface area contributed by atoms with Crippen LogP contribution in [0.4, 0.5) is 13.2 Å². The summed E-state index contributed by atoms with van der Waals surface area (Å²) in [6, 6.07) is 5.16. The predicted molar refractivity (Wildman–Crippen MR) is 74.9 cm³/mol. The topological polar surface area (TPSA) is 55.6 Å². The third kappa shape index (κ3) is 3.62. The highest BCUT2D eigenvalue weighted by Crippen LogP contribution is 2.34. The zero-order chi connectivity index (χ0) is 16.3. The summed E-state index contributed by atoms with van der Waals surface area (Å²) in [4.78, 5) is 0. The molecule has 120 valence electrons. The summed E-state index contributed by atoms with van der Waals surface area (Å²) in [5, 5.41) is 14.4. The smallest absolute Gasteiger partial charge is 0.303 e. The summed E-state index contributed by atoms with van der Waals surface area (Å²) in [5.41, 5.74) is -0.419. The highest BCUT2D eigenvalue weighted by atomic mass is 19.4. The van der Waals surface area contributed by atoms with Gasteiger partial charge < -0.3 is 5.32 Å². The van der Waals surface area contributed by atoms with Crippen molar-refractivity contribution in [2.45, 2.75) is 45.6 Å². The first-order chi connectivity index (χ1) is 10.3. The molecule has 0 amide bonds. The van der Waals surface area contributed by atoms with Gasteiger partial charge in [0.25, 0.3) is 0 Å². The van der Waals surface area contributed by atoms with Crippen LogP contribution in [-0.2, 0) is 12.7 Å². The van der Waals surface area contributed by atoms with Crippen LogP contribution in [-0.4, -0.2) is 20.2 Å². The van der Waals surface area contributed by atoms with Gasteiger partial charge in [-0.05, 0) is 42.8 Å². The van der Waals surface area contributed by atoms with Crippen molar-refractivity contribution in [2.24, 2.45) is 0 Å². The molecule has 1 heterocycles. The molecule has 2 aromatic rings. The highest BCUT2D eigenvalue weighted by Gasteiger charge is 2.34. The van der Waals surface area contributed by atoms with Crippen LogP contribution < -0.4 is 5.32 Å². The van der Waals surface area contributed by atoms with Crippen LogP contribution >= 0.6 is 0 Å². The standard InChI is InChI=1S/C14H18F3N5/c1-9(2)22-13(19-20-21-22)8-18-10(3)11-6-4-5-7-12(11)14(15,16)17/h4-7,9-10,18H,8H2,1-3H3/t10-/m0/s1. The first-order valence-corrected chi connectivity index (χ1v) is 6.97. The second-order valence-electron chi connectivity index (χ2n) is 5.32. The third-order valence-electron chi connectivity index (χ3n) is 3.35. The van der Waals surface area contributed by atoms with E-state index in [2.05, 4.69) is 20.8 Å². The molecule has 0 saturated heterocycles. The van der Waals surface area contributed by atoms with E-state index in [1.54, 1.807) is 17.7 Å². The largest absolute Gasteiger partial charge is 0.416 e. The van der Waals surface area contributed by atoms with E-state index in [-0.39, 0.29) is 11.6 Å². The fraction of sp³-hybridized carbons (Fsp3) is 0.500. The molecule has 2 rings (SSSR count). The second-order valence-corrected chi connectivity index (χ2v) is 5.32. The molecule has 0 aliphatic rings. The van der Waals surface area contributed by atoms with E-state index < -0.39 is 17.8 Å². The lowest BCUT2D eigenvalue weighted by Crippen LogP contribution is -2.24. The number of rotatable bonds is 5. The van der Waals surface area contributed by atoms with E-state index in [0.717, 1.165) is 6.07 Å². The SMILES string of the molecule is CC(C)n1nnnc1CN[C@@H](C)c1ccccc1C(F)(F)F. The average Bonchev–Trinajstić information content (AvgIpc) is 2.92. The maximum atomic E-state index is 13.0. The Bertz CT molecular complexity index is 621. The molecule has 0 aliphatic carbocycles. The molecule has 0 bridgehead atoms. The van der Waals surface area contributed by atoms with Crippen LogP contribution in [0.3, 0.4) is 0 Å². The average molecular weight is 313 g/mol. The van der Waals surface area contributed by atoms with Gasteiger partial charge in [-0.1, -0.05) is 18.2 Å². The molecule has 0 unspecified atom stereocenters. The van der Waals surface area contributed by atoms with Gasteiger partial charge in [-0.25, -0.2) is 4.68 Å². The van der Waals surface area contributed by atoms with Gasteiger partial charge in [0.1, 0.15) is 0 Å². The van der Waals surface area contributed by atoms with Crippen molar-refractivity contribution in [1.29, 1.82) is 0 Å². The number of tetrazole rings is 1. The summed E-state index contributed by atoms with van der Waals surface area (Å²) in [5.74, 6) is 0.589. The molecule has 22 heavy (non-hydrogen) atoms. The van der Waals surface area contributed by atoms with Crippen LogP contribution in [0.5, 0.6) is 0 Å². The number of hydrogen-bond acceptors (Lipinski definition) is 4. The Morgan fingerprint density at radius 1 is 1.18 bits per heavy atom. The van der Waals surface area contributed by atoms with Crippen molar-refractivity contribution in [3.63, 3.8) is 0 Å². The Morgan fingerprint density at radius 2 is 1.86 bits per heavy atom. The van der Waals surface area contributed by atoms with E-state index in [0.29, 0.717) is 12.4 Å². The minimum Gasteiger partial charge on any atom is -0.303 e. The monoisotopic (exact) mass is 313 g/mol. The number of benzene rings is 1. The molecule has 5 nitrogen and oxygen atoms in total. The fourth-order valence-corrected chi connectivity index (χ4v) is 2.22. The summed E-state index contributed by atoms with van der Waals surface area (Å²) in [7, 11) is 0.